The van der Waals surface area contributed by atoms with Crippen molar-refractivity contribution in [2.75, 3.05) is 13.2 Å². The number of rotatable bonds is 2. The Morgan fingerprint density at radius 2 is 1.93 bits per heavy atom. The van der Waals surface area contributed by atoms with Crippen LogP contribution in [0.4, 0.5) is 0 Å². The maximum absolute atomic E-state index is 9.30. The van der Waals surface area contributed by atoms with Gasteiger partial charge in [0.1, 0.15) is 0 Å². The molecule has 3 nitrogen and oxygen atoms in total. The number of nitriles is 1. The molecule has 1 aliphatic heterocycles. The molecule has 1 saturated heterocycles. The minimum atomic E-state index is -0.160. The monoisotopic (exact) mass is 200 g/mol. The largest absolute Gasteiger partial charge is 0.379 e. The molecular weight excluding hydrogens is 188 g/mol. The van der Waals surface area contributed by atoms with Gasteiger partial charge in [-0.1, -0.05) is 0 Å². The fraction of sp³-hybridized carbons (Fsp3) is 0.500. The number of hydrogen-bond acceptors (Lipinski definition) is 3. The van der Waals surface area contributed by atoms with Crippen LogP contribution in [0.15, 0.2) is 24.5 Å². The predicted molar refractivity (Wildman–Crippen MR) is 54.0 cm³/mol. The van der Waals surface area contributed by atoms with E-state index in [1.807, 2.05) is 12.1 Å². The third-order valence-corrected chi connectivity index (χ3v) is 3.81. The summed E-state index contributed by atoms with van der Waals surface area (Å²) in [5.41, 5.74) is 1.000. The van der Waals surface area contributed by atoms with Crippen molar-refractivity contribution in [2.45, 2.75) is 18.3 Å². The van der Waals surface area contributed by atoms with Crippen LogP contribution in [0, 0.1) is 16.7 Å². The maximum atomic E-state index is 9.30. The van der Waals surface area contributed by atoms with Gasteiger partial charge in [0.15, 0.2) is 0 Å². The number of ether oxygens (including phenoxy) is 1. The second-order valence-electron chi connectivity index (χ2n) is 4.50. The van der Waals surface area contributed by atoms with E-state index in [0.717, 1.165) is 12.8 Å². The van der Waals surface area contributed by atoms with Crippen LogP contribution in [0.3, 0.4) is 0 Å². The van der Waals surface area contributed by atoms with E-state index in [-0.39, 0.29) is 10.8 Å². The summed E-state index contributed by atoms with van der Waals surface area (Å²) in [6.07, 6.45) is 5.61. The van der Waals surface area contributed by atoms with Crippen LogP contribution in [-0.4, -0.2) is 18.2 Å². The van der Waals surface area contributed by atoms with E-state index in [9.17, 15) is 5.26 Å². The van der Waals surface area contributed by atoms with E-state index in [2.05, 4.69) is 11.1 Å². The number of aromatic nitrogens is 1. The van der Waals surface area contributed by atoms with Gasteiger partial charge in [0.2, 0.25) is 0 Å². The molecule has 1 aliphatic carbocycles. The van der Waals surface area contributed by atoms with Crippen LogP contribution in [-0.2, 0) is 10.2 Å². The van der Waals surface area contributed by atoms with Crippen LogP contribution in [0.5, 0.6) is 0 Å². The molecular formula is C12H12N2O. The normalized spacial score (nSPS) is 25.0. The van der Waals surface area contributed by atoms with Gasteiger partial charge in [-0.3, -0.25) is 4.98 Å². The molecule has 1 aromatic rings. The molecule has 76 valence electrons. The molecule has 0 aromatic carbocycles. The van der Waals surface area contributed by atoms with E-state index in [1.54, 1.807) is 12.4 Å². The average molecular weight is 200 g/mol. The molecule has 3 rings (SSSR count). The highest BCUT2D eigenvalue weighted by Gasteiger charge is 2.64. The Kier molecular flexibility index (Phi) is 1.66. The second kappa shape index (κ2) is 2.80. The number of hydrogen-bond donors (Lipinski definition) is 0. The first-order chi connectivity index (χ1) is 7.33. The van der Waals surface area contributed by atoms with E-state index in [1.165, 1.54) is 5.56 Å². The van der Waals surface area contributed by atoms with Crippen LogP contribution >= 0.6 is 0 Å². The first-order valence-electron chi connectivity index (χ1n) is 5.23. The van der Waals surface area contributed by atoms with Gasteiger partial charge in [-0.15, -0.1) is 0 Å². The lowest BCUT2D eigenvalue weighted by Crippen LogP contribution is -2.53. The van der Waals surface area contributed by atoms with Gasteiger partial charge in [0.25, 0.3) is 0 Å². The summed E-state index contributed by atoms with van der Waals surface area (Å²) in [6, 6.07) is 6.52. The molecule has 0 unspecified atom stereocenters. The molecule has 2 fully saturated rings. The van der Waals surface area contributed by atoms with E-state index >= 15 is 0 Å². The molecule has 0 atom stereocenters. The zero-order valence-corrected chi connectivity index (χ0v) is 8.44. The van der Waals surface area contributed by atoms with Crippen molar-refractivity contribution in [1.29, 1.82) is 5.26 Å². The zero-order valence-electron chi connectivity index (χ0n) is 8.44. The molecule has 0 spiro atoms. The molecule has 1 saturated carbocycles. The summed E-state index contributed by atoms with van der Waals surface area (Å²) in [5.74, 6) is 0. The van der Waals surface area contributed by atoms with E-state index < -0.39 is 0 Å². The quantitative estimate of drug-likeness (QED) is 0.729. The predicted octanol–water partition coefficient (Wildman–Crippen LogP) is 1.65. The first-order valence-corrected chi connectivity index (χ1v) is 5.23. The first kappa shape index (κ1) is 8.87. The van der Waals surface area contributed by atoms with Gasteiger partial charge in [0.05, 0.1) is 30.1 Å². The molecule has 2 aliphatic rings. The fourth-order valence-corrected chi connectivity index (χ4v) is 2.52. The van der Waals surface area contributed by atoms with Crippen LogP contribution in [0.2, 0.25) is 0 Å². The Morgan fingerprint density at radius 3 is 2.33 bits per heavy atom. The Bertz CT molecular complexity index is 413. The van der Waals surface area contributed by atoms with Crippen LogP contribution < -0.4 is 0 Å². The maximum Gasteiger partial charge on any atom is 0.0716 e. The topological polar surface area (TPSA) is 45.9 Å². The lowest BCUT2D eigenvalue weighted by atomic mass is 9.67. The van der Waals surface area contributed by atoms with Gasteiger partial charge < -0.3 is 4.74 Å². The fourth-order valence-electron chi connectivity index (χ4n) is 2.52. The smallest absolute Gasteiger partial charge is 0.0716 e. The van der Waals surface area contributed by atoms with Gasteiger partial charge in [0, 0.05) is 12.4 Å². The molecule has 15 heavy (non-hydrogen) atoms. The third-order valence-electron chi connectivity index (χ3n) is 3.81. The van der Waals surface area contributed by atoms with Crippen molar-refractivity contribution in [2.24, 2.45) is 5.41 Å². The summed E-state index contributed by atoms with van der Waals surface area (Å²) < 4.78 is 5.35. The Hall–Kier alpha value is -1.40. The Morgan fingerprint density at radius 1 is 1.27 bits per heavy atom. The lowest BCUT2D eigenvalue weighted by molar-refractivity contribution is -0.0867. The zero-order chi connectivity index (χ0) is 10.4. The summed E-state index contributed by atoms with van der Waals surface area (Å²) in [4.78, 5) is 4.02. The SMILES string of the molecule is N#CC1(C2(c3ccncc3)COC2)CC1. The van der Waals surface area contributed by atoms with Crippen molar-refractivity contribution in [1.82, 2.24) is 4.98 Å². The molecule has 0 N–H and O–H groups in total. The van der Waals surface area contributed by atoms with Crippen molar-refractivity contribution in [3.05, 3.63) is 30.1 Å². The van der Waals surface area contributed by atoms with E-state index in [4.69, 9.17) is 4.74 Å². The molecule has 0 bridgehead atoms. The second-order valence-corrected chi connectivity index (χ2v) is 4.50. The molecule has 2 heterocycles. The third kappa shape index (κ3) is 1.00. The van der Waals surface area contributed by atoms with Gasteiger partial charge in [-0.25, -0.2) is 0 Å². The average Bonchev–Trinajstić information content (AvgIpc) is 2.99. The lowest BCUT2D eigenvalue weighted by Gasteiger charge is -2.45. The van der Waals surface area contributed by atoms with Crippen molar-refractivity contribution >= 4 is 0 Å². The minimum Gasteiger partial charge on any atom is -0.379 e. The standard InChI is InChI=1S/C12H12N2O/c13-7-11(3-4-11)12(8-15-9-12)10-1-5-14-6-2-10/h1-2,5-6H,3-4,8-9H2. The molecule has 0 radical (unpaired) electrons. The number of nitrogens with zero attached hydrogens (tertiary/aromatic N) is 2. The summed E-state index contributed by atoms with van der Waals surface area (Å²) in [5, 5.41) is 9.30. The van der Waals surface area contributed by atoms with E-state index in [0.29, 0.717) is 13.2 Å². The van der Waals surface area contributed by atoms with Gasteiger partial charge in [-0.05, 0) is 30.5 Å². The van der Waals surface area contributed by atoms with Crippen LogP contribution in [0.25, 0.3) is 0 Å². The number of pyridine rings is 1. The summed E-state index contributed by atoms with van der Waals surface area (Å²) >= 11 is 0. The molecule has 3 heteroatoms. The molecule has 1 aromatic heterocycles. The summed E-state index contributed by atoms with van der Waals surface area (Å²) in [7, 11) is 0. The highest BCUT2D eigenvalue weighted by molar-refractivity contribution is 5.37. The highest BCUT2D eigenvalue weighted by Crippen LogP contribution is 2.61. The minimum absolute atomic E-state index is 0.0509. The Balaban J connectivity index is 2.05. The summed E-state index contributed by atoms with van der Waals surface area (Å²) in [6.45, 7) is 1.37. The van der Waals surface area contributed by atoms with Gasteiger partial charge in [-0.2, -0.15) is 5.26 Å². The van der Waals surface area contributed by atoms with Gasteiger partial charge >= 0.3 is 0 Å². The Labute approximate surface area is 88.7 Å². The highest BCUT2D eigenvalue weighted by atomic mass is 16.5. The van der Waals surface area contributed by atoms with Crippen LogP contribution in [0.1, 0.15) is 18.4 Å². The van der Waals surface area contributed by atoms with Crippen molar-refractivity contribution < 1.29 is 4.74 Å². The van der Waals surface area contributed by atoms with Crippen molar-refractivity contribution in [3.63, 3.8) is 0 Å². The molecule has 0 amide bonds. The van der Waals surface area contributed by atoms with Crippen molar-refractivity contribution in [3.8, 4) is 6.07 Å².